The Morgan fingerprint density at radius 1 is 1.15 bits per heavy atom. The van der Waals surface area contributed by atoms with Crippen LogP contribution in [0.2, 0.25) is 0 Å². The molecule has 1 heterocycles. The van der Waals surface area contributed by atoms with Crippen LogP contribution in [-0.4, -0.2) is 6.54 Å². The highest BCUT2D eigenvalue weighted by Gasteiger charge is 2.15. The largest absolute Gasteiger partial charge is 0.310 e. The fourth-order valence-electron chi connectivity index (χ4n) is 2.45. The van der Waals surface area contributed by atoms with E-state index in [1.807, 2.05) is 11.3 Å². The second-order valence-corrected chi connectivity index (χ2v) is 7.21. The fraction of sp³-hybridized carbons (Fsp3) is 0.412. The molecule has 3 heteroatoms. The van der Waals surface area contributed by atoms with E-state index in [9.17, 15) is 0 Å². The predicted molar refractivity (Wildman–Crippen MR) is 92.7 cm³/mol. The van der Waals surface area contributed by atoms with Gasteiger partial charge in [-0.15, -0.1) is 11.3 Å². The van der Waals surface area contributed by atoms with Gasteiger partial charge in [-0.1, -0.05) is 35.8 Å². The van der Waals surface area contributed by atoms with Crippen molar-refractivity contribution in [3.05, 3.63) is 55.7 Å². The maximum absolute atomic E-state index is 3.63. The summed E-state index contributed by atoms with van der Waals surface area (Å²) in [6.45, 7) is 7.57. The molecule has 0 aliphatic heterocycles. The van der Waals surface area contributed by atoms with E-state index in [1.54, 1.807) is 0 Å². The van der Waals surface area contributed by atoms with Crippen LogP contribution in [0, 0.1) is 6.92 Å². The molecule has 1 N–H and O–H groups in total. The molecule has 0 saturated heterocycles. The van der Waals surface area contributed by atoms with E-state index in [-0.39, 0.29) is 0 Å². The Kier molecular flexibility index (Phi) is 5.82. The molecule has 20 heavy (non-hydrogen) atoms. The molecule has 1 nitrogen and oxygen atoms in total. The molecule has 1 unspecified atom stereocenters. The topological polar surface area (TPSA) is 12.0 Å². The van der Waals surface area contributed by atoms with Crippen LogP contribution in [0.25, 0.3) is 0 Å². The van der Waals surface area contributed by atoms with Gasteiger partial charge in [0, 0.05) is 26.7 Å². The van der Waals surface area contributed by atoms with Crippen molar-refractivity contribution >= 4 is 27.3 Å². The van der Waals surface area contributed by atoms with Crippen LogP contribution in [0.1, 0.15) is 40.8 Å². The second-order valence-electron chi connectivity index (χ2n) is 5.04. The molecule has 0 aliphatic rings. The number of hydrogen-bond donors (Lipinski definition) is 1. The number of halogens is 1. The van der Waals surface area contributed by atoms with Crippen LogP contribution >= 0.6 is 27.3 Å². The summed E-state index contributed by atoms with van der Waals surface area (Å²) in [5, 5.41) is 3.63. The van der Waals surface area contributed by atoms with E-state index in [2.05, 4.69) is 72.3 Å². The van der Waals surface area contributed by atoms with Crippen molar-refractivity contribution < 1.29 is 0 Å². The lowest BCUT2D eigenvalue weighted by atomic mass is 9.98. The van der Waals surface area contributed by atoms with Crippen LogP contribution in [0.3, 0.4) is 0 Å². The van der Waals surface area contributed by atoms with E-state index in [4.69, 9.17) is 0 Å². The van der Waals surface area contributed by atoms with Gasteiger partial charge in [-0.3, -0.25) is 0 Å². The molecular formula is C17H22BrNS. The predicted octanol–water partition coefficient (Wildman–Crippen LogP) is 5.27. The van der Waals surface area contributed by atoms with Crippen LogP contribution in [0.4, 0.5) is 0 Å². The van der Waals surface area contributed by atoms with Crippen molar-refractivity contribution in [1.29, 1.82) is 0 Å². The van der Waals surface area contributed by atoms with Crippen molar-refractivity contribution in [2.24, 2.45) is 0 Å². The Bertz CT molecular complexity index is 562. The van der Waals surface area contributed by atoms with E-state index < -0.39 is 0 Å². The van der Waals surface area contributed by atoms with Gasteiger partial charge in [0.25, 0.3) is 0 Å². The zero-order valence-electron chi connectivity index (χ0n) is 12.4. The molecule has 2 aromatic rings. The zero-order valence-corrected chi connectivity index (χ0v) is 14.8. The fourth-order valence-corrected chi connectivity index (χ4v) is 3.83. The number of rotatable bonds is 6. The van der Waals surface area contributed by atoms with Crippen LogP contribution < -0.4 is 5.32 Å². The van der Waals surface area contributed by atoms with Crippen molar-refractivity contribution in [1.82, 2.24) is 5.32 Å². The van der Waals surface area contributed by atoms with Gasteiger partial charge in [0.15, 0.2) is 0 Å². The molecule has 1 aromatic carbocycles. The van der Waals surface area contributed by atoms with Crippen molar-refractivity contribution in [2.75, 3.05) is 6.54 Å². The number of likely N-dealkylation sites (N-methyl/N-ethyl adjacent to an activating group) is 1. The number of benzene rings is 1. The molecule has 0 bridgehead atoms. The van der Waals surface area contributed by atoms with Gasteiger partial charge >= 0.3 is 0 Å². The quantitative estimate of drug-likeness (QED) is 0.746. The Labute approximate surface area is 134 Å². The summed E-state index contributed by atoms with van der Waals surface area (Å²) in [6, 6.07) is 11.5. The van der Waals surface area contributed by atoms with E-state index in [0.29, 0.717) is 6.04 Å². The van der Waals surface area contributed by atoms with Crippen molar-refractivity contribution in [3.8, 4) is 0 Å². The Hall–Kier alpha value is -0.640. The Balaban J connectivity index is 2.23. The summed E-state index contributed by atoms with van der Waals surface area (Å²) >= 11 is 5.53. The van der Waals surface area contributed by atoms with Crippen molar-refractivity contribution in [3.63, 3.8) is 0 Å². The number of thiophene rings is 1. The van der Waals surface area contributed by atoms with Crippen molar-refractivity contribution in [2.45, 2.75) is 39.7 Å². The molecule has 2 rings (SSSR count). The summed E-state index contributed by atoms with van der Waals surface area (Å²) in [6.07, 6.45) is 2.20. The molecule has 1 aromatic heterocycles. The normalized spacial score (nSPS) is 12.6. The highest BCUT2D eigenvalue weighted by molar-refractivity contribution is 9.10. The van der Waals surface area contributed by atoms with Gasteiger partial charge in [0.2, 0.25) is 0 Å². The van der Waals surface area contributed by atoms with Gasteiger partial charge in [-0.05, 0) is 55.3 Å². The average Bonchev–Trinajstić information content (AvgIpc) is 2.89. The third-order valence-electron chi connectivity index (χ3n) is 3.54. The van der Waals surface area contributed by atoms with Gasteiger partial charge in [0.05, 0.1) is 0 Å². The first-order chi connectivity index (χ1) is 9.63. The summed E-state index contributed by atoms with van der Waals surface area (Å²) in [7, 11) is 0. The maximum Gasteiger partial charge on any atom is 0.0371 e. The first-order valence-corrected chi connectivity index (χ1v) is 8.82. The third-order valence-corrected chi connectivity index (χ3v) is 5.28. The van der Waals surface area contributed by atoms with Crippen LogP contribution in [-0.2, 0) is 12.8 Å². The minimum Gasteiger partial charge on any atom is -0.310 e. The Morgan fingerprint density at radius 3 is 2.55 bits per heavy atom. The molecule has 1 atom stereocenters. The molecule has 0 fully saturated rings. The molecule has 0 radical (unpaired) electrons. The Morgan fingerprint density at radius 2 is 1.90 bits per heavy atom. The summed E-state index contributed by atoms with van der Waals surface area (Å²) in [5.74, 6) is 0. The molecule has 0 aliphatic carbocycles. The maximum atomic E-state index is 3.63. The van der Waals surface area contributed by atoms with Crippen LogP contribution in [0.15, 0.2) is 34.8 Å². The first kappa shape index (κ1) is 15.7. The lowest BCUT2D eigenvalue weighted by Gasteiger charge is -2.20. The van der Waals surface area contributed by atoms with Gasteiger partial charge in [-0.2, -0.15) is 0 Å². The third kappa shape index (κ3) is 3.94. The SMILES string of the molecule is CCNC(Cc1ccc(CC)s1)c1cc(Br)ccc1C. The van der Waals surface area contributed by atoms with Gasteiger partial charge < -0.3 is 5.32 Å². The summed E-state index contributed by atoms with van der Waals surface area (Å²) in [4.78, 5) is 2.94. The molecule has 0 saturated carbocycles. The molecule has 0 amide bonds. The highest BCUT2D eigenvalue weighted by Crippen LogP contribution is 2.28. The van der Waals surface area contributed by atoms with Crippen LogP contribution in [0.5, 0.6) is 0 Å². The summed E-state index contributed by atoms with van der Waals surface area (Å²) in [5.41, 5.74) is 2.75. The number of hydrogen-bond acceptors (Lipinski definition) is 2. The first-order valence-electron chi connectivity index (χ1n) is 7.21. The number of aryl methyl sites for hydroxylation is 2. The summed E-state index contributed by atoms with van der Waals surface area (Å²) < 4.78 is 1.15. The standard InChI is InChI=1S/C17H22BrNS/c1-4-14-8-9-15(20-14)11-17(19-5-2)16-10-13(18)7-6-12(16)3/h6-10,17,19H,4-5,11H2,1-3H3. The minimum absolute atomic E-state index is 0.390. The van der Waals surface area contributed by atoms with E-state index in [0.717, 1.165) is 23.9 Å². The van der Waals surface area contributed by atoms with Gasteiger partial charge in [-0.25, -0.2) is 0 Å². The smallest absolute Gasteiger partial charge is 0.0371 e. The minimum atomic E-state index is 0.390. The van der Waals surface area contributed by atoms with E-state index in [1.165, 1.54) is 20.9 Å². The van der Waals surface area contributed by atoms with E-state index >= 15 is 0 Å². The monoisotopic (exact) mass is 351 g/mol. The molecule has 0 spiro atoms. The number of nitrogens with one attached hydrogen (secondary N) is 1. The zero-order chi connectivity index (χ0) is 14.5. The van der Waals surface area contributed by atoms with Gasteiger partial charge in [0.1, 0.15) is 0 Å². The lowest BCUT2D eigenvalue weighted by molar-refractivity contribution is 0.550. The highest BCUT2D eigenvalue weighted by atomic mass is 79.9. The molecule has 108 valence electrons. The average molecular weight is 352 g/mol. The second kappa shape index (κ2) is 7.39. The molecular weight excluding hydrogens is 330 g/mol. The lowest BCUT2D eigenvalue weighted by Crippen LogP contribution is -2.23.